The van der Waals surface area contributed by atoms with Crippen molar-refractivity contribution >= 4 is 40.3 Å². The van der Waals surface area contributed by atoms with Gasteiger partial charge in [0.25, 0.3) is 5.78 Å². The summed E-state index contributed by atoms with van der Waals surface area (Å²) >= 11 is 6.06. The molecular weight excluding hydrogens is 354 g/mol. The summed E-state index contributed by atoms with van der Waals surface area (Å²) in [5.74, 6) is -1.60. The normalized spacial score (nSPS) is 11.9. The third kappa shape index (κ3) is 3.04. The number of fused-ring (bicyclic) bond motifs is 1. The molecule has 3 aromatic rings. The van der Waals surface area contributed by atoms with Gasteiger partial charge in [-0.1, -0.05) is 18.5 Å². The number of carbonyl (C=O) groups is 2. The van der Waals surface area contributed by atoms with Gasteiger partial charge in [-0.2, -0.15) is 5.10 Å². The Morgan fingerprint density at radius 1 is 1.31 bits per heavy atom. The monoisotopic (exact) mass is 371 g/mol. The molecule has 1 aromatic carbocycles. The molecule has 0 saturated carbocycles. The van der Waals surface area contributed by atoms with Crippen LogP contribution in [-0.4, -0.2) is 31.2 Å². The number of carboxylic acids is 1. The van der Waals surface area contributed by atoms with Crippen LogP contribution in [0.15, 0.2) is 36.0 Å². The van der Waals surface area contributed by atoms with E-state index in [0.717, 1.165) is 16.7 Å². The van der Waals surface area contributed by atoms with Crippen molar-refractivity contribution in [1.82, 2.24) is 14.3 Å². The van der Waals surface area contributed by atoms with E-state index in [1.807, 2.05) is 49.0 Å². The number of Topliss-reactive ketones (excluding diaryl/α,β-unsaturated/α-hetero) is 1. The molecule has 0 aliphatic heterocycles. The number of halogens is 1. The predicted octanol–water partition coefficient (Wildman–Crippen LogP) is 3.77. The summed E-state index contributed by atoms with van der Waals surface area (Å²) in [4.78, 5) is 23.0. The van der Waals surface area contributed by atoms with E-state index in [2.05, 4.69) is 5.10 Å². The number of ketones is 1. The van der Waals surface area contributed by atoms with Crippen LogP contribution in [0.5, 0.6) is 0 Å². The molecule has 3 rings (SSSR count). The third-order valence-electron chi connectivity index (χ3n) is 4.30. The van der Waals surface area contributed by atoms with Gasteiger partial charge in [-0.05, 0) is 43.7 Å². The van der Waals surface area contributed by atoms with Crippen LogP contribution in [0, 0.1) is 6.92 Å². The maximum atomic E-state index is 11.9. The van der Waals surface area contributed by atoms with Crippen LogP contribution in [0.25, 0.3) is 22.8 Å². The summed E-state index contributed by atoms with van der Waals surface area (Å²) in [5, 5.41) is 15.1. The number of carboxylic acid groups (broad SMARTS) is 1. The summed E-state index contributed by atoms with van der Waals surface area (Å²) < 4.78 is 3.67. The summed E-state index contributed by atoms with van der Waals surface area (Å²) in [7, 11) is 1.81. The summed E-state index contributed by atoms with van der Waals surface area (Å²) in [6.07, 6.45) is 3.84. The van der Waals surface area contributed by atoms with E-state index in [0.29, 0.717) is 22.7 Å². The van der Waals surface area contributed by atoms with Gasteiger partial charge < -0.3 is 9.67 Å². The van der Waals surface area contributed by atoms with Gasteiger partial charge >= 0.3 is 5.97 Å². The second-order valence-electron chi connectivity index (χ2n) is 5.99. The van der Waals surface area contributed by atoms with Gasteiger partial charge in [0.2, 0.25) is 0 Å². The highest BCUT2D eigenvalue weighted by atomic mass is 35.5. The zero-order valence-electron chi connectivity index (χ0n) is 14.7. The SMILES string of the molecule is CCC(=Cc1c(C)nn(C)c1-n1ccc2cc(Cl)ccc21)C(=O)C(=O)O. The topological polar surface area (TPSA) is 77.1 Å². The Balaban J connectivity index is 2.23. The quantitative estimate of drug-likeness (QED) is 0.547. The average molecular weight is 372 g/mol. The Hall–Kier alpha value is -2.86. The number of aryl methyl sites for hydroxylation is 2. The van der Waals surface area contributed by atoms with Gasteiger partial charge in [0.05, 0.1) is 11.2 Å². The lowest BCUT2D eigenvalue weighted by molar-refractivity contribution is -0.147. The first kappa shape index (κ1) is 17.9. The molecule has 7 heteroatoms. The van der Waals surface area contributed by atoms with E-state index in [9.17, 15) is 9.59 Å². The lowest BCUT2D eigenvalue weighted by Crippen LogP contribution is -2.14. The fraction of sp³-hybridized carbons (Fsp3) is 0.211. The van der Waals surface area contributed by atoms with Crippen LogP contribution >= 0.6 is 11.6 Å². The molecule has 0 aliphatic rings. The van der Waals surface area contributed by atoms with Gasteiger partial charge in [-0.15, -0.1) is 0 Å². The highest BCUT2D eigenvalue weighted by molar-refractivity contribution is 6.40. The fourth-order valence-electron chi connectivity index (χ4n) is 3.05. The first-order valence-corrected chi connectivity index (χ1v) is 8.50. The van der Waals surface area contributed by atoms with E-state index in [1.165, 1.54) is 0 Å². The minimum absolute atomic E-state index is 0.231. The Kier molecular flexibility index (Phi) is 4.70. The molecule has 0 bridgehead atoms. The summed E-state index contributed by atoms with van der Waals surface area (Å²) in [6, 6.07) is 7.54. The van der Waals surface area contributed by atoms with Crippen molar-refractivity contribution in [2.75, 3.05) is 0 Å². The Morgan fingerprint density at radius 3 is 2.69 bits per heavy atom. The van der Waals surface area contributed by atoms with Crippen molar-refractivity contribution in [1.29, 1.82) is 0 Å². The molecule has 0 amide bonds. The Labute approximate surface area is 155 Å². The lowest BCUT2D eigenvalue weighted by atomic mass is 10.0. The molecule has 0 fully saturated rings. The third-order valence-corrected chi connectivity index (χ3v) is 4.54. The van der Waals surface area contributed by atoms with Gasteiger partial charge in [0.1, 0.15) is 5.82 Å². The molecule has 1 N–H and O–H groups in total. The first-order chi connectivity index (χ1) is 12.3. The van der Waals surface area contributed by atoms with E-state index < -0.39 is 11.8 Å². The molecule has 0 radical (unpaired) electrons. The van der Waals surface area contributed by atoms with Crippen LogP contribution in [0.3, 0.4) is 0 Å². The number of aromatic nitrogens is 3. The summed E-state index contributed by atoms with van der Waals surface area (Å²) in [6.45, 7) is 3.58. The molecule has 0 unspecified atom stereocenters. The second kappa shape index (κ2) is 6.80. The largest absolute Gasteiger partial charge is 0.475 e. The van der Waals surface area contributed by atoms with Gasteiger partial charge in [0.15, 0.2) is 0 Å². The van der Waals surface area contributed by atoms with E-state index in [1.54, 1.807) is 17.7 Å². The first-order valence-electron chi connectivity index (χ1n) is 8.12. The number of carbonyl (C=O) groups excluding carboxylic acids is 1. The smallest absolute Gasteiger partial charge is 0.376 e. The molecule has 0 spiro atoms. The predicted molar refractivity (Wildman–Crippen MR) is 101 cm³/mol. The van der Waals surface area contributed by atoms with E-state index >= 15 is 0 Å². The number of nitrogens with zero attached hydrogens (tertiary/aromatic N) is 3. The van der Waals surface area contributed by atoms with Crippen molar-refractivity contribution in [3.05, 3.63) is 52.3 Å². The van der Waals surface area contributed by atoms with Crippen LogP contribution < -0.4 is 0 Å². The molecule has 0 aliphatic carbocycles. The van der Waals surface area contributed by atoms with Gasteiger partial charge in [-0.25, -0.2) is 4.79 Å². The van der Waals surface area contributed by atoms with Crippen LogP contribution in [0.4, 0.5) is 0 Å². The van der Waals surface area contributed by atoms with Crippen molar-refractivity contribution < 1.29 is 14.7 Å². The van der Waals surface area contributed by atoms with Crippen LogP contribution in [-0.2, 0) is 16.6 Å². The minimum atomic E-state index is -1.46. The highest BCUT2D eigenvalue weighted by Gasteiger charge is 2.20. The van der Waals surface area contributed by atoms with Gasteiger partial charge in [0, 0.05) is 34.8 Å². The highest BCUT2D eigenvalue weighted by Crippen LogP contribution is 2.28. The van der Waals surface area contributed by atoms with Crippen LogP contribution in [0.1, 0.15) is 24.6 Å². The number of aliphatic carboxylic acids is 1. The molecule has 134 valence electrons. The maximum Gasteiger partial charge on any atom is 0.376 e. The molecular formula is C19H18ClN3O3. The average Bonchev–Trinajstić information content (AvgIpc) is 3.11. The summed E-state index contributed by atoms with van der Waals surface area (Å²) in [5.41, 5.74) is 2.60. The number of rotatable bonds is 5. The number of hydrogen-bond acceptors (Lipinski definition) is 3. The van der Waals surface area contributed by atoms with Crippen molar-refractivity contribution in [2.45, 2.75) is 20.3 Å². The van der Waals surface area contributed by atoms with Gasteiger partial charge in [-0.3, -0.25) is 9.48 Å². The molecule has 2 heterocycles. The Bertz CT molecular complexity index is 1060. The van der Waals surface area contributed by atoms with Crippen molar-refractivity contribution in [2.24, 2.45) is 7.05 Å². The molecule has 2 aromatic heterocycles. The molecule has 0 saturated heterocycles. The van der Waals surface area contributed by atoms with Crippen molar-refractivity contribution in [3.8, 4) is 5.82 Å². The number of hydrogen-bond donors (Lipinski definition) is 1. The zero-order valence-corrected chi connectivity index (χ0v) is 15.4. The van der Waals surface area contributed by atoms with E-state index in [4.69, 9.17) is 16.7 Å². The fourth-order valence-corrected chi connectivity index (χ4v) is 3.24. The van der Waals surface area contributed by atoms with E-state index in [-0.39, 0.29) is 5.57 Å². The van der Waals surface area contributed by atoms with Crippen LogP contribution in [0.2, 0.25) is 5.02 Å². The minimum Gasteiger partial charge on any atom is -0.475 e. The van der Waals surface area contributed by atoms with Crippen molar-refractivity contribution in [3.63, 3.8) is 0 Å². The molecule has 26 heavy (non-hydrogen) atoms. The number of benzene rings is 1. The molecule has 0 atom stereocenters. The standard InChI is InChI=1S/C19H18ClN3O3/c1-4-12(17(24)19(25)26)10-15-11(2)21-22(3)18(15)23-8-7-13-9-14(20)5-6-16(13)23/h5-10H,4H2,1-3H3,(H,25,26). The maximum absolute atomic E-state index is 11.9. The molecule has 6 nitrogen and oxygen atoms in total. The lowest BCUT2D eigenvalue weighted by Gasteiger charge is -2.09. The zero-order chi connectivity index (χ0) is 19.0. The second-order valence-corrected chi connectivity index (χ2v) is 6.43. The Morgan fingerprint density at radius 2 is 2.04 bits per heavy atom.